The molecule has 1 aromatic heterocycles. The molecule has 3 aromatic rings. The molecule has 1 aliphatic rings. The molecule has 1 aliphatic heterocycles. The van der Waals surface area contributed by atoms with Gasteiger partial charge >= 0.3 is 6.03 Å². The zero-order chi connectivity index (χ0) is 20.8. The van der Waals surface area contributed by atoms with Crippen molar-refractivity contribution < 1.29 is 9.53 Å². The maximum absolute atomic E-state index is 13.5. The van der Waals surface area contributed by atoms with E-state index in [4.69, 9.17) is 4.74 Å². The van der Waals surface area contributed by atoms with Gasteiger partial charge in [0.25, 0.3) is 5.88 Å². The van der Waals surface area contributed by atoms with Crippen molar-refractivity contribution >= 4 is 17.4 Å². The van der Waals surface area contributed by atoms with Crippen LogP contribution in [-0.2, 0) is 0 Å². The number of carbonyl (C=O) groups is 1. The first-order chi connectivity index (χ1) is 14.8. The largest absolute Gasteiger partial charge is 0.470 e. The molecule has 0 radical (unpaired) electrons. The summed E-state index contributed by atoms with van der Waals surface area (Å²) in [6.07, 6.45) is 4.28. The monoisotopic (exact) mass is 399 g/mol. The van der Waals surface area contributed by atoms with Crippen LogP contribution in [0, 0.1) is 11.3 Å². The average molecular weight is 399 g/mol. The van der Waals surface area contributed by atoms with E-state index in [0.29, 0.717) is 13.1 Å². The van der Waals surface area contributed by atoms with Crippen LogP contribution in [0.15, 0.2) is 73.1 Å². The molecule has 1 saturated heterocycles. The molecule has 7 heteroatoms. The number of urea groups is 1. The first kappa shape index (κ1) is 19.4. The van der Waals surface area contributed by atoms with Crippen LogP contribution in [0.1, 0.15) is 18.5 Å². The number of aromatic nitrogens is 2. The molecule has 2 amide bonds. The maximum Gasteiger partial charge on any atom is 0.329 e. The Morgan fingerprint density at radius 2 is 1.67 bits per heavy atom. The summed E-state index contributed by atoms with van der Waals surface area (Å²) >= 11 is 0. The van der Waals surface area contributed by atoms with Crippen LogP contribution >= 0.6 is 0 Å². The molecule has 30 heavy (non-hydrogen) atoms. The van der Waals surface area contributed by atoms with Gasteiger partial charge in [0, 0.05) is 18.9 Å². The highest BCUT2D eigenvalue weighted by Crippen LogP contribution is 2.28. The SMILES string of the molecule is N#Cc1nccnc1OC1CCCN(C(=O)N(c2ccccc2)c2ccccc2)C1. The van der Waals surface area contributed by atoms with Crippen molar-refractivity contribution in [2.24, 2.45) is 0 Å². The van der Waals surface area contributed by atoms with Crippen molar-refractivity contribution in [3.8, 4) is 11.9 Å². The molecule has 1 unspecified atom stereocenters. The summed E-state index contributed by atoms with van der Waals surface area (Å²) in [4.78, 5) is 25.1. The molecule has 4 rings (SSSR count). The smallest absolute Gasteiger partial charge is 0.329 e. The summed E-state index contributed by atoms with van der Waals surface area (Å²) in [6.45, 7) is 1.05. The molecule has 2 heterocycles. The quantitative estimate of drug-likeness (QED) is 0.658. The molecule has 1 fully saturated rings. The predicted molar refractivity (Wildman–Crippen MR) is 112 cm³/mol. The van der Waals surface area contributed by atoms with Crippen LogP contribution in [0.4, 0.5) is 16.2 Å². The third-order valence-electron chi connectivity index (χ3n) is 4.92. The van der Waals surface area contributed by atoms with Gasteiger partial charge in [-0.1, -0.05) is 36.4 Å². The third-order valence-corrected chi connectivity index (χ3v) is 4.92. The Bertz CT molecular complexity index is 997. The number of anilines is 2. The number of likely N-dealkylation sites (tertiary alicyclic amines) is 1. The Morgan fingerprint density at radius 3 is 2.30 bits per heavy atom. The molecule has 0 bridgehead atoms. The second kappa shape index (κ2) is 9.05. The molecule has 2 aromatic carbocycles. The molecule has 0 spiro atoms. The van der Waals surface area contributed by atoms with Crippen LogP contribution in [0.5, 0.6) is 5.88 Å². The van der Waals surface area contributed by atoms with E-state index < -0.39 is 0 Å². The topological polar surface area (TPSA) is 82.3 Å². The van der Waals surface area contributed by atoms with Gasteiger partial charge in [-0.05, 0) is 37.1 Å². The van der Waals surface area contributed by atoms with Gasteiger partial charge in [0.05, 0.1) is 17.9 Å². The Morgan fingerprint density at radius 1 is 1.03 bits per heavy atom. The van der Waals surface area contributed by atoms with Crippen molar-refractivity contribution in [1.29, 1.82) is 5.26 Å². The molecular formula is C23H21N5O2. The normalized spacial score (nSPS) is 15.8. The zero-order valence-electron chi connectivity index (χ0n) is 16.4. The predicted octanol–water partition coefficient (Wildman–Crippen LogP) is 4.15. The average Bonchev–Trinajstić information content (AvgIpc) is 2.81. The van der Waals surface area contributed by atoms with E-state index >= 15 is 0 Å². The van der Waals surface area contributed by atoms with Crippen LogP contribution < -0.4 is 9.64 Å². The number of piperidine rings is 1. The number of benzene rings is 2. The van der Waals surface area contributed by atoms with E-state index in [1.807, 2.05) is 66.7 Å². The fraction of sp³-hybridized carbons (Fsp3) is 0.217. The highest BCUT2D eigenvalue weighted by molar-refractivity contribution is 5.99. The van der Waals surface area contributed by atoms with E-state index in [9.17, 15) is 10.1 Å². The summed E-state index contributed by atoms with van der Waals surface area (Å²) < 4.78 is 5.94. The van der Waals surface area contributed by atoms with Crippen molar-refractivity contribution in [2.45, 2.75) is 18.9 Å². The molecule has 0 N–H and O–H groups in total. The third kappa shape index (κ3) is 4.23. The van der Waals surface area contributed by atoms with Crippen molar-refractivity contribution in [3.05, 3.63) is 78.8 Å². The molecular weight excluding hydrogens is 378 g/mol. The number of hydrogen-bond acceptors (Lipinski definition) is 5. The number of carbonyl (C=O) groups excluding carboxylic acids is 1. The van der Waals surface area contributed by atoms with E-state index in [-0.39, 0.29) is 23.7 Å². The van der Waals surface area contributed by atoms with Crippen molar-refractivity contribution in [2.75, 3.05) is 18.0 Å². The minimum atomic E-state index is -0.250. The van der Waals surface area contributed by atoms with E-state index in [1.165, 1.54) is 12.4 Å². The van der Waals surface area contributed by atoms with Gasteiger partial charge in [-0.3, -0.25) is 4.90 Å². The zero-order valence-corrected chi connectivity index (χ0v) is 16.4. The maximum atomic E-state index is 13.5. The number of para-hydroxylation sites is 2. The number of nitriles is 1. The summed E-state index contributed by atoms with van der Waals surface area (Å²) in [7, 11) is 0. The van der Waals surface area contributed by atoms with Gasteiger partial charge in [0.15, 0.2) is 0 Å². The van der Waals surface area contributed by atoms with E-state index in [1.54, 1.807) is 9.80 Å². The van der Waals surface area contributed by atoms with Crippen LogP contribution in [0.3, 0.4) is 0 Å². The van der Waals surface area contributed by atoms with Gasteiger partial charge < -0.3 is 9.64 Å². The Hall–Kier alpha value is -3.92. The molecule has 150 valence electrons. The van der Waals surface area contributed by atoms with Gasteiger partial charge in [-0.2, -0.15) is 5.26 Å². The lowest BCUT2D eigenvalue weighted by Gasteiger charge is -2.36. The Labute approximate surface area is 175 Å². The second-order valence-corrected chi connectivity index (χ2v) is 6.94. The van der Waals surface area contributed by atoms with Crippen LogP contribution in [-0.4, -0.2) is 40.1 Å². The first-order valence-corrected chi connectivity index (χ1v) is 9.83. The fourth-order valence-corrected chi connectivity index (χ4v) is 3.52. The lowest BCUT2D eigenvalue weighted by molar-refractivity contribution is 0.100. The van der Waals surface area contributed by atoms with Gasteiger partial charge in [-0.15, -0.1) is 0 Å². The second-order valence-electron chi connectivity index (χ2n) is 6.94. The highest BCUT2D eigenvalue weighted by Gasteiger charge is 2.30. The van der Waals surface area contributed by atoms with E-state index in [0.717, 1.165) is 24.2 Å². The van der Waals surface area contributed by atoms with Crippen molar-refractivity contribution in [3.63, 3.8) is 0 Å². The number of amides is 2. The lowest BCUT2D eigenvalue weighted by atomic mass is 10.1. The number of ether oxygens (including phenoxy) is 1. The van der Waals surface area contributed by atoms with Crippen LogP contribution in [0.25, 0.3) is 0 Å². The molecule has 0 aliphatic carbocycles. The fourth-order valence-electron chi connectivity index (χ4n) is 3.52. The first-order valence-electron chi connectivity index (χ1n) is 9.83. The molecule has 0 saturated carbocycles. The summed E-state index contributed by atoms with van der Waals surface area (Å²) in [5.41, 5.74) is 1.76. The summed E-state index contributed by atoms with van der Waals surface area (Å²) in [5, 5.41) is 9.21. The van der Waals surface area contributed by atoms with Gasteiger partial charge in [0.1, 0.15) is 12.2 Å². The van der Waals surface area contributed by atoms with E-state index in [2.05, 4.69) is 9.97 Å². The van der Waals surface area contributed by atoms with Crippen LogP contribution in [0.2, 0.25) is 0 Å². The molecule has 1 atom stereocenters. The summed E-state index contributed by atoms with van der Waals surface area (Å²) in [5.74, 6) is 0.210. The number of rotatable bonds is 4. The minimum Gasteiger partial charge on any atom is -0.470 e. The number of hydrogen-bond donors (Lipinski definition) is 0. The Balaban J connectivity index is 1.55. The van der Waals surface area contributed by atoms with Gasteiger partial charge in [-0.25, -0.2) is 14.8 Å². The number of nitrogens with zero attached hydrogens (tertiary/aromatic N) is 5. The minimum absolute atomic E-state index is 0.111. The highest BCUT2D eigenvalue weighted by atomic mass is 16.5. The van der Waals surface area contributed by atoms with Gasteiger partial charge in [0.2, 0.25) is 5.69 Å². The standard InChI is InChI=1S/C23H21N5O2/c24-16-21-22(26-14-13-25-21)30-20-12-7-15-27(17-20)23(29)28(18-8-3-1-4-9-18)19-10-5-2-6-11-19/h1-6,8-11,13-14,20H,7,12,15,17H2. The molecule has 7 nitrogen and oxygen atoms in total. The summed E-state index contributed by atoms with van der Waals surface area (Å²) in [6, 6.07) is 21.1. The Kier molecular flexibility index (Phi) is 5.85. The van der Waals surface area contributed by atoms with Crippen molar-refractivity contribution in [1.82, 2.24) is 14.9 Å². The lowest BCUT2D eigenvalue weighted by Crippen LogP contribution is -2.49.